The summed E-state index contributed by atoms with van der Waals surface area (Å²) in [5.74, 6) is 3.22. The molecule has 0 unspecified atom stereocenters. The van der Waals surface area contributed by atoms with Gasteiger partial charge in [-0.2, -0.15) is 5.10 Å². The number of aromatic nitrogens is 6. The van der Waals surface area contributed by atoms with E-state index in [2.05, 4.69) is 30.7 Å². The maximum atomic E-state index is 4.24. The van der Waals surface area contributed by atoms with Gasteiger partial charge in [0.1, 0.15) is 11.6 Å². The Balaban J connectivity index is 1.99. The monoisotopic (exact) mass is 253 g/mol. The minimum Gasteiger partial charge on any atom is -0.313 e. The first-order valence-corrected chi connectivity index (χ1v) is 6.23. The molecule has 0 aliphatic rings. The Morgan fingerprint density at radius 1 is 1.41 bits per heavy atom. The first-order valence-electron chi connectivity index (χ1n) is 5.24. The number of aryl methyl sites for hydroxylation is 1. The summed E-state index contributed by atoms with van der Waals surface area (Å²) in [4.78, 5) is 4.24. The number of aromatic amines is 1. The molecule has 0 radical (unpaired) electrons. The Hall–Kier alpha value is -1.41. The molecule has 0 saturated heterocycles. The fourth-order valence-corrected chi connectivity index (χ4v) is 2.15. The van der Waals surface area contributed by atoms with Crippen LogP contribution in [-0.2, 0) is 19.3 Å². The fourth-order valence-electron chi connectivity index (χ4n) is 1.37. The Morgan fingerprint density at radius 2 is 2.24 bits per heavy atom. The third kappa shape index (κ3) is 2.83. The van der Waals surface area contributed by atoms with Crippen LogP contribution in [0, 0.1) is 6.92 Å². The van der Waals surface area contributed by atoms with Crippen molar-refractivity contribution in [2.75, 3.05) is 7.05 Å². The standard InChI is InChI=1S/C9H15N7S/c1-6-11-7(13-12-6)5-17-9-15-14-8(4-10-2)16(9)3/h10H,4-5H2,1-3H3,(H,11,12,13). The molecule has 0 aliphatic carbocycles. The van der Waals surface area contributed by atoms with Gasteiger partial charge in [-0.25, -0.2) is 4.98 Å². The third-order valence-electron chi connectivity index (χ3n) is 2.23. The van der Waals surface area contributed by atoms with E-state index in [-0.39, 0.29) is 0 Å². The Labute approximate surface area is 103 Å². The van der Waals surface area contributed by atoms with Crippen LogP contribution >= 0.6 is 11.8 Å². The van der Waals surface area contributed by atoms with Gasteiger partial charge in [-0.05, 0) is 14.0 Å². The molecule has 0 spiro atoms. The molecule has 0 atom stereocenters. The summed E-state index contributed by atoms with van der Waals surface area (Å²) in [6.45, 7) is 2.60. The van der Waals surface area contributed by atoms with Crippen LogP contribution in [-0.4, -0.2) is 37.0 Å². The molecule has 2 aromatic rings. The van der Waals surface area contributed by atoms with Crippen molar-refractivity contribution in [3.8, 4) is 0 Å². The van der Waals surface area contributed by atoms with Crippen molar-refractivity contribution in [2.24, 2.45) is 7.05 Å². The van der Waals surface area contributed by atoms with Gasteiger partial charge in [0.15, 0.2) is 11.0 Å². The molecule has 2 N–H and O–H groups in total. The average molecular weight is 253 g/mol. The second-order valence-electron chi connectivity index (χ2n) is 3.61. The minimum atomic E-state index is 0.690. The molecule has 92 valence electrons. The number of rotatable bonds is 5. The molecule has 2 rings (SSSR count). The van der Waals surface area contributed by atoms with Gasteiger partial charge in [-0.15, -0.1) is 10.2 Å². The van der Waals surface area contributed by atoms with E-state index >= 15 is 0 Å². The Morgan fingerprint density at radius 3 is 2.88 bits per heavy atom. The van der Waals surface area contributed by atoms with Crippen LogP contribution in [0.2, 0.25) is 0 Å². The molecule has 0 aromatic carbocycles. The van der Waals surface area contributed by atoms with Gasteiger partial charge in [0.2, 0.25) is 0 Å². The lowest BCUT2D eigenvalue weighted by atomic mass is 10.6. The van der Waals surface area contributed by atoms with Crippen molar-refractivity contribution in [1.29, 1.82) is 0 Å². The van der Waals surface area contributed by atoms with Crippen LogP contribution in [0.25, 0.3) is 0 Å². The van der Waals surface area contributed by atoms with Crippen LogP contribution in [0.5, 0.6) is 0 Å². The predicted octanol–water partition coefficient (Wildman–Crippen LogP) is 0.253. The lowest BCUT2D eigenvalue weighted by Gasteiger charge is -2.01. The Bertz CT molecular complexity index is 489. The lowest BCUT2D eigenvalue weighted by Crippen LogP contribution is -2.10. The van der Waals surface area contributed by atoms with Crippen LogP contribution in [0.3, 0.4) is 0 Å². The SMILES string of the molecule is CNCc1nnc(SCc2n[nH]c(C)n2)n1C. The first-order chi connectivity index (χ1) is 8.20. The van der Waals surface area contributed by atoms with Crippen molar-refractivity contribution in [1.82, 2.24) is 35.3 Å². The zero-order chi connectivity index (χ0) is 12.3. The fraction of sp³-hybridized carbons (Fsp3) is 0.556. The van der Waals surface area contributed by atoms with E-state index in [0.29, 0.717) is 12.3 Å². The normalized spacial score (nSPS) is 11.0. The topological polar surface area (TPSA) is 84.3 Å². The number of H-pyrrole nitrogens is 1. The minimum absolute atomic E-state index is 0.690. The highest BCUT2D eigenvalue weighted by molar-refractivity contribution is 7.98. The first kappa shape index (κ1) is 12.1. The van der Waals surface area contributed by atoms with Gasteiger partial charge in [0.05, 0.1) is 12.3 Å². The highest BCUT2D eigenvalue weighted by atomic mass is 32.2. The maximum absolute atomic E-state index is 4.24. The molecule has 0 bridgehead atoms. The summed E-state index contributed by atoms with van der Waals surface area (Å²) >= 11 is 1.58. The Kier molecular flexibility index (Phi) is 3.75. The molecular weight excluding hydrogens is 238 g/mol. The molecule has 0 aliphatic heterocycles. The molecule has 2 aromatic heterocycles. The van der Waals surface area contributed by atoms with Crippen LogP contribution in [0.1, 0.15) is 17.5 Å². The van der Waals surface area contributed by atoms with Crippen LogP contribution < -0.4 is 5.32 Å². The number of hydrogen-bond acceptors (Lipinski definition) is 6. The number of nitrogens with zero attached hydrogens (tertiary/aromatic N) is 5. The molecule has 8 heteroatoms. The smallest absolute Gasteiger partial charge is 0.191 e. The van der Waals surface area contributed by atoms with E-state index in [1.54, 1.807) is 11.8 Å². The van der Waals surface area contributed by atoms with Crippen molar-refractivity contribution >= 4 is 11.8 Å². The second-order valence-corrected chi connectivity index (χ2v) is 4.56. The average Bonchev–Trinajstić information content (AvgIpc) is 2.86. The molecule has 0 saturated carbocycles. The highest BCUT2D eigenvalue weighted by Gasteiger charge is 2.09. The van der Waals surface area contributed by atoms with Gasteiger partial charge < -0.3 is 9.88 Å². The summed E-state index contributed by atoms with van der Waals surface area (Å²) in [5, 5.41) is 19.1. The van der Waals surface area contributed by atoms with E-state index < -0.39 is 0 Å². The van der Waals surface area contributed by atoms with E-state index in [9.17, 15) is 0 Å². The summed E-state index contributed by atoms with van der Waals surface area (Å²) < 4.78 is 1.97. The molecular formula is C9H15N7S. The van der Waals surface area contributed by atoms with Crippen LogP contribution in [0.15, 0.2) is 5.16 Å². The van der Waals surface area contributed by atoms with Crippen molar-refractivity contribution in [2.45, 2.75) is 24.4 Å². The number of thioether (sulfide) groups is 1. The number of nitrogens with one attached hydrogen (secondary N) is 2. The maximum Gasteiger partial charge on any atom is 0.191 e. The van der Waals surface area contributed by atoms with Crippen molar-refractivity contribution < 1.29 is 0 Å². The largest absolute Gasteiger partial charge is 0.313 e. The predicted molar refractivity (Wildman–Crippen MR) is 64.4 cm³/mol. The third-order valence-corrected chi connectivity index (χ3v) is 3.25. The summed E-state index contributed by atoms with van der Waals surface area (Å²) in [6, 6.07) is 0. The molecule has 2 heterocycles. The van der Waals surface area contributed by atoms with Gasteiger partial charge >= 0.3 is 0 Å². The number of hydrogen-bond donors (Lipinski definition) is 2. The molecule has 0 fully saturated rings. The molecule has 17 heavy (non-hydrogen) atoms. The highest BCUT2D eigenvalue weighted by Crippen LogP contribution is 2.19. The quantitative estimate of drug-likeness (QED) is 0.743. The van der Waals surface area contributed by atoms with Gasteiger partial charge in [0.25, 0.3) is 0 Å². The second kappa shape index (κ2) is 5.28. The zero-order valence-electron chi connectivity index (χ0n) is 10.1. The van der Waals surface area contributed by atoms with Gasteiger partial charge in [-0.1, -0.05) is 11.8 Å². The van der Waals surface area contributed by atoms with Gasteiger partial charge in [-0.3, -0.25) is 5.10 Å². The van der Waals surface area contributed by atoms with Crippen molar-refractivity contribution in [3.05, 3.63) is 17.5 Å². The van der Waals surface area contributed by atoms with Crippen molar-refractivity contribution in [3.63, 3.8) is 0 Å². The molecule has 0 amide bonds. The summed E-state index contributed by atoms with van der Waals surface area (Å²) in [6.07, 6.45) is 0. The summed E-state index contributed by atoms with van der Waals surface area (Å²) in [5.41, 5.74) is 0. The van der Waals surface area contributed by atoms with Crippen LogP contribution in [0.4, 0.5) is 0 Å². The molecule has 7 nitrogen and oxygen atoms in total. The van der Waals surface area contributed by atoms with Gasteiger partial charge in [0, 0.05) is 7.05 Å². The van der Waals surface area contributed by atoms with E-state index in [1.165, 1.54) is 0 Å². The lowest BCUT2D eigenvalue weighted by molar-refractivity contribution is 0.682. The van der Waals surface area contributed by atoms with E-state index in [0.717, 1.165) is 22.6 Å². The van der Waals surface area contributed by atoms with E-state index in [4.69, 9.17) is 0 Å². The zero-order valence-corrected chi connectivity index (χ0v) is 10.9. The summed E-state index contributed by atoms with van der Waals surface area (Å²) in [7, 11) is 3.84. The van der Waals surface area contributed by atoms with E-state index in [1.807, 2.05) is 25.6 Å².